The van der Waals surface area contributed by atoms with Gasteiger partial charge >= 0.3 is 0 Å². The van der Waals surface area contributed by atoms with Crippen LogP contribution in [0.1, 0.15) is 27.9 Å². The monoisotopic (exact) mass is 265 g/mol. The molecule has 0 radical (unpaired) electrons. The summed E-state index contributed by atoms with van der Waals surface area (Å²) < 4.78 is 0. The fraction of sp³-hybridized carbons (Fsp3) is 0.167. The lowest BCUT2D eigenvalue weighted by Gasteiger charge is -2.01. The second kappa shape index (κ2) is 7.41. The highest BCUT2D eigenvalue weighted by atomic mass is 16.1. The Labute approximate surface area is 120 Å². The van der Waals surface area contributed by atoms with Crippen LogP contribution in [0.2, 0.25) is 0 Å². The molecule has 2 aromatic rings. The molecule has 0 unspecified atom stereocenters. The van der Waals surface area contributed by atoms with Crippen molar-refractivity contribution in [3.05, 3.63) is 77.4 Å². The van der Waals surface area contributed by atoms with Gasteiger partial charge in [0.15, 0.2) is 5.78 Å². The first-order chi connectivity index (χ1) is 9.81. The van der Waals surface area contributed by atoms with E-state index < -0.39 is 0 Å². The molecule has 0 spiro atoms. The zero-order chi connectivity index (χ0) is 14.2. The fourth-order valence-corrected chi connectivity index (χ4v) is 1.95. The predicted molar refractivity (Wildman–Crippen MR) is 83.9 cm³/mol. The van der Waals surface area contributed by atoms with E-state index in [9.17, 15) is 4.79 Å². The molecule has 0 atom stereocenters. The highest BCUT2D eigenvalue weighted by molar-refractivity contribution is 6.09. The Morgan fingerprint density at radius 3 is 2.30 bits per heavy atom. The van der Waals surface area contributed by atoms with Crippen molar-refractivity contribution in [2.24, 2.45) is 0 Å². The molecule has 2 aromatic carbocycles. The Morgan fingerprint density at radius 2 is 1.65 bits per heavy atom. The Bertz CT molecular complexity index is 570. The molecule has 2 rings (SSSR count). The first kappa shape index (κ1) is 14.2. The van der Waals surface area contributed by atoms with E-state index in [0.29, 0.717) is 0 Å². The molecule has 0 saturated carbocycles. The Morgan fingerprint density at radius 1 is 1.00 bits per heavy atom. The summed E-state index contributed by atoms with van der Waals surface area (Å²) in [6.45, 7) is 0.973. The van der Waals surface area contributed by atoms with Crippen LogP contribution in [-0.4, -0.2) is 19.4 Å². The molecule has 0 fully saturated rings. The van der Waals surface area contributed by atoms with Gasteiger partial charge in [-0.1, -0.05) is 66.7 Å². The average molecular weight is 265 g/mol. The van der Waals surface area contributed by atoms with Crippen LogP contribution in [0.5, 0.6) is 0 Å². The van der Waals surface area contributed by atoms with E-state index in [1.807, 2.05) is 61.6 Å². The van der Waals surface area contributed by atoms with E-state index in [1.54, 1.807) is 0 Å². The van der Waals surface area contributed by atoms with E-state index in [-0.39, 0.29) is 5.78 Å². The third kappa shape index (κ3) is 3.90. The van der Waals surface area contributed by atoms with Crippen LogP contribution in [0, 0.1) is 0 Å². The summed E-state index contributed by atoms with van der Waals surface area (Å²) in [7, 11) is 1.94. The summed E-state index contributed by atoms with van der Waals surface area (Å²) in [5.74, 6) is 0.0660. The molecule has 0 amide bonds. The summed E-state index contributed by atoms with van der Waals surface area (Å²) in [4.78, 5) is 12.2. The quantitative estimate of drug-likeness (QED) is 0.639. The second-order valence-electron chi connectivity index (χ2n) is 4.61. The number of nitrogens with one attached hydrogen (secondary N) is 1. The molecule has 0 saturated heterocycles. The van der Waals surface area contributed by atoms with Crippen molar-refractivity contribution in [1.82, 2.24) is 5.32 Å². The van der Waals surface area contributed by atoms with E-state index in [1.165, 1.54) is 0 Å². The molecule has 0 aromatic heterocycles. The molecular formula is C18H19NO. The third-order valence-electron chi connectivity index (χ3n) is 3.08. The van der Waals surface area contributed by atoms with E-state index in [4.69, 9.17) is 0 Å². The minimum Gasteiger partial charge on any atom is -0.319 e. The highest BCUT2D eigenvalue weighted by Gasteiger charge is 2.07. The van der Waals surface area contributed by atoms with Crippen molar-refractivity contribution >= 4 is 11.9 Å². The number of benzene rings is 2. The Balaban J connectivity index is 2.05. The molecule has 102 valence electrons. The van der Waals surface area contributed by atoms with Gasteiger partial charge in [-0.2, -0.15) is 0 Å². The van der Waals surface area contributed by atoms with Crippen LogP contribution in [-0.2, 0) is 0 Å². The van der Waals surface area contributed by atoms with Crippen LogP contribution >= 0.6 is 0 Å². The second-order valence-corrected chi connectivity index (χ2v) is 4.61. The lowest BCUT2D eigenvalue weighted by molar-refractivity contribution is 0.103. The molecule has 0 aliphatic carbocycles. The Kier molecular flexibility index (Phi) is 5.27. The summed E-state index contributed by atoms with van der Waals surface area (Å²) in [5, 5.41) is 3.10. The van der Waals surface area contributed by atoms with Crippen LogP contribution in [0.15, 0.2) is 60.7 Å². The molecule has 0 aliphatic heterocycles. The predicted octanol–water partition coefficient (Wildman–Crippen LogP) is 3.54. The minimum absolute atomic E-state index is 0.0660. The van der Waals surface area contributed by atoms with Crippen LogP contribution in [0.4, 0.5) is 0 Å². The zero-order valence-corrected chi connectivity index (χ0v) is 11.7. The molecule has 0 aliphatic rings. The summed E-state index contributed by atoms with van der Waals surface area (Å²) in [6, 6.07) is 17.1. The van der Waals surface area contributed by atoms with Crippen molar-refractivity contribution in [3.63, 3.8) is 0 Å². The Hall–Kier alpha value is -2.19. The molecule has 1 N–H and O–H groups in total. The van der Waals surface area contributed by atoms with E-state index in [0.717, 1.165) is 29.7 Å². The van der Waals surface area contributed by atoms with Crippen molar-refractivity contribution in [1.29, 1.82) is 0 Å². The van der Waals surface area contributed by atoms with E-state index >= 15 is 0 Å². The smallest absolute Gasteiger partial charge is 0.193 e. The standard InChI is InChI=1S/C18H19NO/c1-19-14-6-5-7-15-10-12-17(13-11-15)18(20)16-8-3-2-4-9-16/h2-5,7-13,19H,6,14H2,1H3. The molecule has 2 heteroatoms. The first-order valence-corrected chi connectivity index (χ1v) is 6.82. The normalized spacial score (nSPS) is 10.8. The highest BCUT2D eigenvalue weighted by Crippen LogP contribution is 2.12. The van der Waals surface area contributed by atoms with Crippen LogP contribution in [0.25, 0.3) is 6.08 Å². The van der Waals surface area contributed by atoms with Crippen LogP contribution in [0.3, 0.4) is 0 Å². The summed E-state index contributed by atoms with van der Waals surface area (Å²) in [5.41, 5.74) is 2.57. The van der Waals surface area contributed by atoms with Crippen molar-refractivity contribution in [2.75, 3.05) is 13.6 Å². The third-order valence-corrected chi connectivity index (χ3v) is 3.08. The van der Waals surface area contributed by atoms with Gasteiger partial charge in [0.2, 0.25) is 0 Å². The number of hydrogen-bond acceptors (Lipinski definition) is 2. The summed E-state index contributed by atoms with van der Waals surface area (Å²) >= 11 is 0. The van der Waals surface area contributed by atoms with Gasteiger partial charge in [-0.3, -0.25) is 4.79 Å². The molecule has 0 heterocycles. The SMILES string of the molecule is CNCCC=Cc1ccc(C(=O)c2ccccc2)cc1. The van der Waals surface area contributed by atoms with Crippen molar-refractivity contribution < 1.29 is 4.79 Å². The zero-order valence-electron chi connectivity index (χ0n) is 11.7. The fourth-order valence-electron chi connectivity index (χ4n) is 1.95. The topological polar surface area (TPSA) is 29.1 Å². The lowest BCUT2D eigenvalue weighted by Crippen LogP contribution is -2.05. The number of carbonyl (C=O) groups excluding carboxylic acids is 1. The van der Waals surface area contributed by atoms with Gasteiger partial charge in [0, 0.05) is 11.1 Å². The molecule has 0 bridgehead atoms. The van der Waals surface area contributed by atoms with Gasteiger partial charge in [0.05, 0.1) is 0 Å². The number of rotatable bonds is 6. The molecule has 2 nitrogen and oxygen atoms in total. The maximum absolute atomic E-state index is 12.2. The number of hydrogen-bond donors (Lipinski definition) is 1. The van der Waals surface area contributed by atoms with Gasteiger partial charge < -0.3 is 5.32 Å². The van der Waals surface area contributed by atoms with Crippen molar-refractivity contribution in [3.8, 4) is 0 Å². The maximum atomic E-state index is 12.2. The average Bonchev–Trinajstić information content (AvgIpc) is 2.52. The van der Waals surface area contributed by atoms with E-state index in [2.05, 4.69) is 17.5 Å². The number of carbonyl (C=O) groups is 1. The maximum Gasteiger partial charge on any atom is 0.193 e. The lowest BCUT2D eigenvalue weighted by atomic mass is 10.0. The minimum atomic E-state index is 0.0660. The number of ketones is 1. The molecule has 20 heavy (non-hydrogen) atoms. The van der Waals surface area contributed by atoms with Gasteiger partial charge in [-0.05, 0) is 25.6 Å². The van der Waals surface area contributed by atoms with Crippen LogP contribution < -0.4 is 5.32 Å². The van der Waals surface area contributed by atoms with Gasteiger partial charge in [0.25, 0.3) is 0 Å². The van der Waals surface area contributed by atoms with Gasteiger partial charge in [-0.25, -0.2) is 0 Å². The first-order valence-electron chi connectivity index (χ1n) is 6.82. The largest absolute Gasteiger partial charge is 0.319 e. The van der Waals surface area contributed by atoms with Gasteiger partial charge in [-0.15, -0.1) is 0 Å². The molecular weight excluding hydrogens is 246 g/mol. The van der Waals surface area contributed by atoms with Crippen molar-refractivity contribution in [2.45, 2.75) is 6.42 Å². The summed E-state index contributed by atoms with van der Waals surface area (Å²) in [6.07, 6.45) is 5.21. The van der Waals surface area contributed by atoms with Gasteiger partial charge in [0.1, 0.15) is 0 Å².